The molecule has 0 atom stereocenters. The van der Waals surface area contributed by atoms with E-state index in [0.717, 1.165) is 42.7 Å². The number of methoxy groups -OCH3 is 5. The van der Waals surface area contributed by atoms with Crippen molar-refractivity contribution < 1.29 is 51.9 Å². The molecule has 2 aliphatic rings. The molecule has 21 nitrogen and oxygen atoms in total. The van der Waals surface area contributed by atoms with Gasteiger partial charge in [0.1, 0.15) is 34.3 Å². The number of hydrogen-bond acceptors (Lipinski definition) is 16. The number of benzene rings is 4. The Morgan fingerprint density at radius 1 is 0.651 bits per heavy atom. The van der Waals surface area contributed by atoms with Gasteiger partial charge in [0.2, 0.25) is 5.91 Å². The molecule has 1 aliphatic heterocycles. The molecule has 6 heterocycles. The number of amides is 3. The molecule has 0 unspecified atom stereocenters. The van der Waals surface area contributed by atoms with Crippen molar-refractivity contribution in [1.82, 2.24) is 24.1 Å². The minimum Gasteiger partial charge on any atom is -0.493 e. The second-order valence-electron chi connectivity index (χ2n) is 20.1. The Hall–Kier alpha value is -10.4. The zero-order chi connectivity index (χ0) is 60.3. The van der Waals surface area contributed by atoms with Gasteiger partial charge in [-0.05, 0) is 85.5 Å². The average molecular weight is 1170 g/mol. The molecule has 5 aromatic heterocycles. The summed E-state index contributed by atoms with van der Waals surface area (Å²) in [5.41, 5.74) is 2.49. The normalized spacial score (nSPS) is 13.0. The number of aromatic nitrogens is 5. The number of hydrogen-bond donors (Lipinski definition) is 3. The van der Waals surface area contributed by atoms with Crippen LogP contribution >= 0.6 is 0 Å². The molecule has 0 spiro atoms. The van der Waals surface area contributed by atoms with E-state index in [0.29, 0.717) is 101 Å². The lowest BCUT2D eigenvalue weighted by atomic mass is 10.1. The van der Waals surface area contributed by atoms with Gasteiger partial charge in [0.25, 0.3) is 22.9 Å². The van der Waals surface area contributed by atoms with Gasteiger partial charge in [0, 0.05) is 92.1 Å². The maximum atomic E-state index is 15.3. The molecule has 86 heavy (non-hydrogen) atoms. The minimum absolute atomic E-state index is 0.0238. The predicted molar refractivity (Wildman–Crippen MR) is 323 cm³/mol. The minimum atomic E-state index is -0.692. The molecule has 3 amide bonds. The summed E-state index contributed by atoms with van der Waals surface area (Å²) >= 11 is 0. The standard InChI is InChI=1S/C32H31FN4O6.C32H31N5O6/c1-41-28-16-22-24(17-29(28)42-2)34-12-11-26(22)43-27-10-9-20(15-23(27)33)35-31(39)19-14-25(36-13-5-8-30(36)38)32(40)37(18-19)21-6-3-4-7-21;1-40-16-14-34-24-12-15-37(20-21-7-5-4-6-8-21)32(39)30(24)31(38)36-29-10-9-22(19-35-29)43-26-11-13-33-25-18-28(42-3)27(41-2)17-23(25)26/h9-12,14-18,21H,3-8,13H2,1-2H3,(H,35,39);4-13,15,17-19,34H,14,16,20H2,1-3H3,(H,35,36,38). The maximum absolute atomic E-state index is 15.3. The Morgan fingerprint density at radius 2 is 1.31 bits per heavy atom. The Labute approximate surface area is 493 Å². The van der Waals surface area contributed by atoms with Crippen molar-refractivity contribution in [2.75, 3.05) is 76.1 Å². The lowest BCUT2D eigenvalue weighted by Crippen LogP contribution is -2.35. The van der Waals surface area contributed by atoms with E-state index < -0.39 is 23.2 Å². The summed E-state index contributed by atoms with van der Waals surface area (Å²) < 4.78 is 57.0. The van der Waals surface area contributed by atoms with Gasteiger partial charge in [-0.2, -0.15) is 0 Å². The summed E-state index contributed by atoms with van der Waals surface area (Å²) in [6.45, 7) is 1.59. The van der Waals surface area contributed by atoms with E-state index >= 15 is 4.39 Å². The zero-order valence-electron chi connectivity index (χ0n) is 47.9. The third kappa shape index (κ3) is 13.2. The van der Waals surface area contributed by atoms with Crippen LogP contribution in [0.15, 0.2) is 150 Å². The SMILES string of the molecule is COCCNc1ccn(Cc2ccccc2)c(=O)c1C(=O)Nc1ccc(Oc2ccnc3cc(OC)c(OC)cc23)cn1.COc1cc2nccc(Oc3ccc(NC(=O)c4cc(N5CCCC5=O)c(=O)n(C5CCCC5)c4)cc3F)c2cc1OC. The molecular formula is C64H62FN9O12. The van der Waals surface area contributed by atoms with Crippen molar-refractivity contribution in [3.05, 3.63) is 183 Å². The maximum Gasteiger partial charge on any atom is 0.274 e. The first-order chi connectivity index (χ1) is 41.9. The van der Waals surface area contributed by atoms with Crippen molar-refractivity contribution in [2.45, 2.75) is 51.1 Å². The first-order valence-electron chi connectivity index (χ1n) is 27.7. The number of anilines is 4. The van der Waals surface area contributed by atoms with Crippen LogP contribution in [0.4, 0.5) is 27.3 Å². The van der Waals surface area contributed by atoms with Crippen molar-refractivity contribution in [1.29, 1.82) is 0 Å². The molecule has 2 fully saturated rings. The van der Waals surface area contributed by atoms with Gasteiger partial charge in [0.05, 0.1) is 70.1 Å². The molecule has 4 aromatic carbocycles. The summed E-state index contributed by atoms with van der Waals surface area (Å²) in [5, 5.41) is 9.90. The molecular weight excluding hydrogens is 1110 g/mol. The fraction of sp³-hybridized carbons (Fsp3) is 0.250. The van der Waals surface area contributed by atoms with Gasteiger partial charge < -0.3 is 63.1 Å². The van der Waals surface area contributed by atoms with Gasteiger partial charge in [-0.1, -0.05) is 43.2 Å². The number of rotatable bonds is 20. The van der Waals surface area contributed by atoms with E-state index in [2.05, 4.69) is 30.9 Å². The highest BCUT2D eigenvalue weighted by molar-refractivity contribution is 6.07. The van der Waals surface area contributed by atoms with E-state index in [1.165, 1.54) is 48.1 Å². The topological polar surface area (TPSA) is 238 Å². The molecule has 11 rings (SSSR count). The third-order valence-corrected chi connectivity index (χ3v) is 14.6. The molecule has 1 aliphatic carbocycles. The number of carbonyl (C=O) groups excluding carboxylic acids is 3. The largest absolute Gasteiger partial charge is 0.493 e. The van der Waals surface area contributed by atoms with Gasteiger partial charge in [0.15, 0.2) is 34.6 Å². The van der Waals surface area contributed by atoms with Crippen LogP contribution in [0.2, 0.25) is 0 Å². The van der Waals surface area contributed by atoms with Crippen molar-refractivity contribution in [3.63, 3.8) is 0 Å². The summed E-state index contributed by atoms with van der Waals surface area (Å²) in [6, 6.07) is 30.4. The quantitative estimate of drug-likeness (QED) is 0.0601. The Balaban J connectivity index is 0.000000191. The van der Waals surface area contributed by atoms with E-state index in [4.69, 9.17) is 33.2 Å². The summed E-state index contributed by atoms with van der Waals surface area (Å²) in [5.74, 6) is 1.69. The van der Waals surface area contributed by atoms with Crippen LogP contribution < -0.4 is 60.4 Å². The molecule has 1 saturated heterocycles. The lowest BCUT2D eigenvalue weighted by molar-refractivity contribution is -0.117. The first kappa shape index (κ1) is 58.8. The zero-order valence-corrected chi connectivity index (χ0v) is 47.9. The van der Waals surface area contributed by atoms with Crippen molar-refractivity contribution in [3.8, 4) is 46.0 Å². The smallest absolute Gasteiger partial charge is 0.274 e. The monoisotopic (exact) mass is 1170 g/mol. The van der Waals surface area contributed by atoms with Crippen molar-refractivity contribution >= 4 is 62.4 Å². The number of carbonyl (C=O) groups is 3. The number of fused-ring (bicyclic) bond motifs is 2. The van der Waals surface area contributed by atoms with Gasteiger partial charge in [-0.15, -0.1) is 0 Å². The van der Waals surface area contributed by atoms with Crippen LogP contribution in [0.5, 0.6) is 46.0 Å². The van der Waals surface area contributed by atoms with Crippen LogP contribution in [0, 0.1) is 5.82 Å². The number of halogens is 1. The Bertz CT molecular complexity index is 4080. The molecule has 1 saturated carbocycles. The first-order valence-corrected chi connectivity index (χ1v) is 27.7. The number of pyridine rings is 5. The van der Waals surface area contributed by atoms with E-state index in [-0.39, 0.29) is 51.6 Å². The van der Waals surface area contributed by atoms with Gasteiger partial charge >= 0.3 is 0 Å². The second kappa shape index (κ2) is 26.9. The molecule has 442 valence electrons. The number of nitrogens with one attached hydrogen (secondary N) is 3. The lowest BCUT2D eigenvalue weighted by Gasteiger charge is -2.21. The van der Waals surface area contributed by atoms with Crippen LogP contribution in [-0.4, -0.2) is 97.1 Å². The van der Waals surface area contributed by atoms with Gasteiger partial charge in [-0.25, -0.2) is 9.37 Å². The fourth-order valence-corrected chi connectivity index (χ4v) is 10.3. The third-order valence-electron chi connectivity index (χ3n) is 14.6. The van der Waals surface area contributed by atoms with Crippen LogP contribution in [0.3, 0.4) is 0 Å². The highest BCUT2D eigenvalue weighted by atomic mass is 19.1. The molecule has 0 radical (unpaired) electrons. The Kier molecular flexibility index (Phi) is 18.4. The molecule has 0 bridgehead atoms. The molecule has 22 heteroatoms. The summed E-state index contributed by atoms with van der Waals surface area (Å²) in [7, 11) is 7.75. The fourth-order valence-electron chi connectivity index (χ4n) is 10.3. The molecule has 3 N–H and O–H groups in total. The highest BCUT2D eigenvalue weighted by Gasteiger charge is 2.29. The summed E-state index contributed by atoms with van der Waals surface area (Å²) in [6.07, 6.45) is 12.6. The van der Waals surface area contributed by atoms with E-state index in [1.807, 2.05) is 30.3 Å². The van der Waals surface area contributed by atoms with Gasteiger partial charge in [-0.3, -0.25) is 33.9 Å². The van der Waals surface area contributed by atoms with Crippen LogP contribution in [0.1, 0.15) is 70.8 Å². The Morgan fingerprint density at radius 3 is 1.92 bits per heavy atom. The van der Waals surface area contributed by atoms with E-state index in [9.17, 15) is 24.0 Å². The van der Waals surface area contributed by atoms with Crippen molar-refractivity contribution in [2.24, 2.45) is 0 Å². The average Bonchev–Trinajstić information content (AvgIpc) is 2.26. The number of ether oxygens (including phenoxy) is 7. The van der Waals surface area contributed by atoms with E-state index in [1.54, 1.807) is 105 Å². The predicted octanol–water partition coefficient (Wildman–Crippen LogP) is 10.8. The van der Waals surface area contributed by atoms with Crippen LogP contribution in [-0.2, 0) is 16.1 Å². The number of nitrogens with zero attached hydrogens (tertiary/aromatic N) is 6. The highest BCUT2D eigenvalue weighted by Crippen LogP contribution is 2.39. The van der Waals surface area contributed by atoms with Crippen LogP contribution in [0.25, 0.3) is 21.8 Å². The second-order valence-corrected chi connectivity index (χ2v) is 20.1. The summed E-state index contributed by atoms with van der Waals surface area (Å²) in [4.78, 5) is 80.7. The molecule has 9 aromatic rings.